The number of nitrogens with one attached hydrogen (secondary N) is 5. The molecule has 10 aliphatic rings. The molecule has 10 fully saturated rings. The molecule has 23 heteroatoms. The molecule has 0 unspecified atom stereocenters. The summed E-state index contributed by atoms with van der Waals surface area (Å²) in [6, 6.07) is 9.20. The molecule has 5 saturated carbocycles. The van der Waals surface area contributed by atoms with Crippen molar-refractivity contribution in [2.45, 2.75) is 322 Å². The summed E-state index contributed by atoms with van der Waals surface area (Å²) in [4.78, 5) is 92.1. The summed E-state index contributed by atoms with van der Waals surface area (Å²) < 4.78 is 75.7. The van der Waals surface area contributed by atoms with Crippen LogP contribution < -0.4 is 26.6 Å². The van der Waals surface area contributed by atoms with E-state index in [9.17, 15) is 9.59 Å². The van der Waals surface area contributed by atoms with E-state index < -0.39 is 92.3 Å². The van der Waals surface area contributed by atoms with Crippen molar-refractivity contribution < 1.29 is 85.6 Å². The van der Waals surface area contributed by atoms with E-state index in [1.54, 1.807) is 0 Å². The van der Waals surface area contributed by atoms with Crippen molar-refractivity contribution in [3.05, 3.63) is 35.9 Å². The third-order valence-electron chi connectivity index (χ3n) is 21.9. The number of carbonyl (C=O) groups excluding carboxylic acids is 6. The molecule has 5 spiro atoms. The normalized spacial score (nSPS) is 39.3. The van der Waals surface area contributed by atoms with Gasteiger partial charge in [-0.3, -0.25) is 19.2 Å². The van der Waals surface area contributed by atoms with Gasteiger partial charge in [-0.2, -0.15) is 0 Å². The Balaban J connectivity index is 0.921. The molecule has 5 saturated heterocycles. The van der Waals surface area contributed by atoms with Crippen LogP contribution in [0.3, 0.4) is 0 Å². The zero-order chi connectivity index (χ0) is 62.2. The molecule has 0 aromatic heterocycles. The largest absolute Gasteiger partial charge is 0.467 e. The minimum absolute atomic E-state index is 0.00478. The molecule has 0 radical (unpaired) electrons. The summed E-state index contributed by atoms with van der Waals surface area (Å²) in [5.74, 6) is -8.26. The van der Waals surface area contributed by atoms with Crippen LogP contribution in [0.4, 0.5) is 4.79 Å². The summed E-state index contributed by atoms with van der Waals surface area (Å²) in [6.45, 7) is 19.3. The molecule has 484 valence electrons. The molecule has 87 heavy (non-hydrogen) atoms. The molecular formula is C64H95N5O18. The van der Waals surface area contributed by atoms with E-state index in [4.69, 9.17) is 56.8 Å². The molecule has 5 N–H and O–H groups in total. The molecule has 10 atom stereocenters. The number of rotatable bonds is 12. The van der Waals surface area contributed by atoms with Gasteiger partial charge in [-0.05, 0) is 139 Å². The Kier molecular flexibility index (Phi) is 17.4. The number of hydrogen-bond acceptors (Lipinski definition) is 18. The predicted molar refractivity (Wildman–Crippen MR) is 309 cm³/mol. The van der Waals surface area contributed by atoms with Gasteiger partial charge in [0, 0.05) is 64.2 Å². The number of esters is 1. The van der Waals surface area contributed by atoms with Crippen LogP contribution in [0.1, 0.15) is 203 Å². The van der Waals surface area contributed by atoms with E-state index in [0.29, 0.717) is 12.8 Å². The third-order valence-corrected chi connectivity index (χ3v) is 21.9. The van der Waals surface area contributed by atoms with Gasteiger partial charge >= 0.3 is 12.1 Å². The first-order valence-corrected chi connectivity index (χ1v) is 32.3. The van der Waals surface area contributed by atoms with E-state index in [1.165, 1.54) is 7.11 Å². The number of alkyl carbamates (subject to hydrolysis) is 1. The van der Waals surface area contributed by atoms with Gasteiger partial charge < -0.3 is 83.4 Å². The van der Waals surface area contributed by atoms with E-state index in [-0.39, 0.29) is 183 Å². The van der Waals surface area contributed by atoms with Crippen LogP contribution in [0.5, 0.6) is 0 Å². The average molecular weight is 1220 g/mol. The number of benzene rings is 1. The summed E-state index contributed by atoms with van der Waals surface area (Å²) >= 11 is 0. The topological polar surface area (TPSA) is 273 Å². The second-order valence-corrected chi connectivity index (χ2v) is 27.7. The van der Waals surface area contributed by atoms with Crippen molar-refractivity contribution >= 4 is 35.7 Å². The third kappa shape index (κ3) is 12.2. The Morgan fingerprint density at radius 2 is 0.563 bits per heavy atom. The Bertz CT molecular complexity index is 2660. The maximum Gasteiger partial charge on any atom is 0.408 e. The van der Waals surface area contributed by atoms with Crippen molar-refractivity contribution in [3.8, 4) is 0 Å². The highest BCUT2D eigenvalue weighted by Crippen LogP contribution is 2.51. The van der Waals surface area contributed by atoms with Crippen LogP contribution in [0.15, 0.2) is 30.3 Å². The minimum Gasteiger partial charge on any atom is -0.467 e. The minimum atomic E-state index is -1.74. The first kappa shape index (κ1) is 64.0. The Labute approximate surface area is 511 Å². The number of carbonyl (C=O) groups is 6. The van der Waals surface area contributed by atoms with Crippen molar-refractivity contribution in [2.75, 3.05) is 7.11 Å². The molecule has 5 aliphatic carbocycles. The van der Waals surface area contributed by atoms with E-state index in [2.05, 4.69) is 26.6 Å². The molecule has 5 aliphatic heterocycles. The van der Waals surface area contributed by atoms with Gasteiger partial charge in [0.15, 0.2) is 28.9 Å². The van der Waals surface area contributed by atoms with Crippen LogP contribution >= 0.6 is 0 Å². The smallest absolute Gasteiger partial charge is 0.408 e. The summed E-state index contributed by atoms with van der Waals surface area (Å²) in [7, 11) is 1.28. The van der Waals surface area contributed by atoms with Crippen LogP contribution in [-0.2, 0) is 87.4 Å². The second-order valence-electron chi connectivity index (χ2n) is 27.7. The standard InChI is InChI=1S/C64H95N5O18/c1-38-39(2)79-60(78-38)27-17-55(18-28-60,49(70)66-57(21-31-62(32-22-57)82-42(5)43(6)83-62)51(72)68-59(53(74)76-11)25-35-64(36-26-59)86-46(9)47(10)87-64)65-50(71)56(19-29-61(30-20-56)80-40(3)41(4)81-61)67-52(73)58(69-54(75)77-37-48-15-13-12-14-16-48)23-33-63(34-24-58)84-44(7)45(8)85-63/h12-16,38-47H,17-37H2,1-11H3,(H,65,71)(H,66,70)(H,67,73)(H,68,72)(H,69,75)/t38-,39-,40-,41-,42-,43-,44-,45-,46-,47-/m1/s1. The second kappa shape index (κ2) is 23.6. The maximum atomic E-state index is 16.2. The van der Waals surface area contributed by atoms with Crippen molar-refractivity contribution in [1.82, 2.24) is 26.6 Å². The Morgan fingerprint density at radius 3 is 0.805 bits per heavy atom. The van der Waals surface area contributed by atoms with Gasteiger partial charge in [-0.15, -0.1) is 0 Å². The predicted octanol–water partition coefficient (Wildman–Crippen LogP) is 6.72. The molecule has 11 rings (SSSR count). The number of hydrogen-bond donors (Lipinski definition) is 5. The van der Waals surface area contributed by atoms with Crippen molar-refractivity contribution in [2.24, 2.45) is 0 Å². The average Bonchev–Trinajstić information content (AvgIpc) is 1.79. The zero-order valence-corrected chi connectivity index (χ0v) is 52.9. The SMILES string of the molecule is COC(=O)C1(NC(=O)C2(NC(=O)C3(NC(=O)C4(NC(=O)C5(NC(=O)OCc6ccccc6)CCC6(CC5)O[C@H](C)[C@@H](C)O6)CCC5(CC4)O[C@H](C)[C@@H](C)O5)CCC4(CC3)O[C@H](C)[C@@H](C)O4)CCC3(CC2)O[C@H](C)[C@@H](C)O3)CCC2(CC1)O[C@H](C)[C@@H](C)O2. The lowest BCUT2D eigenvalue weighted by molar-refractivity contribution is -0.209. The summed E-state index contributed by atoms with van der Waals surface area (Å²) in [5, 5.41) is 15.9. The van der Waals surface area contributed by atoms with Gasteiger partial charge in [0.1, 0.15) is 34.3 Å². The molecule has 0 bridgehead atoms. The lowest BCUT2D eigenvalue weighted by Gasteiger charge is -2.50. The van der Waals surface area contributed by atoms with Crippen LogP contribution in [-0.4, -0.2) is 160 Å². The van der Waals surface area contributed by atoms with Gasteiger partial charge in [0.2, 0.25) is 23.6 Å². The highest BCUT2D eigenvalue weighted by Gasteiger charge is 2.63. The van der Waals surface area contributed by atoms with Gasteiger partial charge in [0.25, 0.3) is 0 Å². The van der Waals surface area contributed by atoms with Gasteiger partial charge in [0.05, 0.1) is 68.1 Å². The van der Waals surface area contributed by atoms with E-state index in [0.717, 1.165) is 5.56 Å². The van der Waals surface area contributed by atoms with Crippen molar-refractivity contribution in [1.29, 1.82) is 0 Å². The molecule has 23 nitrogen and oxygen atoms in total. The van der Waals surface area contributed by atoms with Crippen LogP contribution in [0, 0.1) is 0 Å². The van der Waals surface area contributed by atoms with Crippen molar-refractivity contribution in [3.63, 3.8) is 0 Å². The van der Waals surface area contributed by atoms with Gasteiger partial charge in [-0.25, -0.2) is 9.59 Å². The molecule has 1 aromatic rings. The quantitative estimate of drug-likeness (QED) is 0.136. The first-order valence-electron chi connectivity index (χ1n) is 32.3. The fourth-order valence-electron chi connectivity index (χ4n) is 15.5. The Hall–Kier alpha value is -4.56. The lowest BCUT2D eigenvalue weighted by atomic mass is 9.72. The summed E-state index contributed by atoms with van der Waals surface area (Å²) in [6.07, 6.45) is -0.274. The number of amides is 5. The van der Waals surface area contributed by atoms with E-state index >= 15 is 19.2 Å². The molecule has 5 heterocycles. The number of ether oxygens (including phenoxy) is 12. The molecular weight excluding hydrogens is 1130 g/mol. The molecule has 1 aromatic carbocycles. The fourth-order valence-corrected chi connectivity index (χ4v) is 15.5. The fraction of sp³-hybridized carbons (Fsp3) is 0.812. The highest BCUT2D eigenvalue weighted by atomic mass is 16.8. The first-order chi connectivity index (χ1) is 41.1. The molecule has 5 amide bonds. The zero-order valence-electron chi connectivity index (χ0n) is 52.9. The monoisotopic (exact) mass is 1220 g/mol. The highest BCUT2D eigenvalue weighted by molar-refractivity contribution is 6.01. The van der Waals surface area contributed by atoms with Crippen LogP contribution in [0.2, 0.25) is 0 Å². The van der Waals surface area contributed by atoms with Gasteiger partial charge in [-0.1, -0.05) is 30.3 Å². The van der Waals surface area contributed by atoms with Crippen LogP contribution in [0.25, 0.3) is 0 Å². The summed E-state index contributed by atoms with van der Waals surface area (Å²) in [5.41, 5.74) is -7.51. The lowest BCUT2D eigenvalue weighted by Crippen LogP contribution is -2.74. The maximum absolute atomic E-state index is 16.2. The number of methoxy groups -OCH3 is 1. The van der Waals surface area contributed by atoms with E-state index in [1.807, 2.05) is 99.6 Å². The Morgan fingerprint density at radius 1 is 0.345 bits per heavy atom.